The highest BCUT2D eigenvalue weighted by Gasteiger charge is 2.38. The number of nitrogens with one attached hydrogen (secondary N) is 1. The fourth-order valence-electron chi connectivity index (χ4n) is 3.40. The number of carbonyl (C=O) groups is 1. The van der Waals surface area contributed by atoms with Gasteiger partial charge < -0.3 is 10.1 Å². The highest BCUT2D eigenvalue weighted by Crippen LogP contribution is 2.40. The number of amides is 1. The van der Waals surface area contributed by atoms with Crippen LogP contribution in [-0.2, 0) is 20.2 Å². The first-order valence-corrected chi connectivity index (χ1v) is 12.5. The molecule has 0 aromatic heterocycles. The fraction of sp³-hybridized carbons (Fsp3) is 0.480. The molecule has 0 fully saturated rings. The third kappa shape index (κ3) is 4.93. The summed E-state index contributed by atoms with van der Waals surface area (Å²) in [6, 6.07) is 12.2. The van der Waals surface area contributed by atoms with E-state index in [4.69, 9.17) is 4.74 Å². The zero-order valence-electron chi connectivity index (χ0n) is 20.0. The molecule has 1 aliphatic heterocycles. The van der Waals surface area contributed by atoms with E-state index in [0.717, 1.165) is 11.1 Å². The molecule has 2 atom stereocenters. The van der Waals surface area contributed by atoms with Crippen LogP contribution in [0, 0.1) is 12.8 Å². The summed E-state index contributed by atoms with van der Waals surface area (Å²) in [5.74, 6) is 0.315. The van der Waals surface area contributed by atoms with Crippen molar-refractivity contribution in [1.82, 2.24) is 5.32 Å². The van der Waals surface area contributed by atoms with Crippen molar-refractivity contribution in [3.8, 4) is 5.75 Å². The summed E-state index contributed by atoms with van der Waals surface area (Å²) in [5, 5.41) is 2.95. The number of anilines is 1. The van der Waals surface area contributed by atoms with Crippen LogP contribution in [0.25, 0.3) is 0 Å². The number of carbonyl (C=O) groups excluding carboxylic acids is 1. The van der Waals surface area contributed by atoms with Gasteiger partial charge in [0.2, 0.25) is 0 Å². The van der Waals surface area contributed by atoms with Gasteiger partial charge in [-0.25, -0.2) is 8.42 Å². The second-order valence-electron chi connectivity index (χ2n) is 9.93. The van der Waals surface area contributed by atoms with E-state index in [1.54, 1.807) is 30.3 Å². The SMILES string of the molecule is Cc1ccc(S(=O)(=O)N2CC(C(=O)NC(C)C(C)C)Oc3ccc(C(C)(C)C)cc32)cc1. The van der Waals surface area contributed by atoms with E-state index in [-0.39, 0.29) is 34.7 Å². The van der Waals surface area contributed by atoms with Gasteiger partial charge in [-0.2, -0.15) is 0 Å². The highest BCUT2D eigenvalue weighted by molar-refractivity contribution is 7.92. The molecule has 2 unspecified atom stereocenters. The number of hydrogen-bond acceptors (Lipinski definition) is 4. The molecule has 0 bridgehead atoms. The monoisotopic (exact) mass is 458 g/mol. The Morgan fingerprint density at radius 1 is 1.09 bits per heavy atom. The third-order valence-corrected chi connectivity index (χ3v) is 7.76. The van der Waals surface area contributed by atoms with E-state index in [0.29, 0.717) is 11.4 Å². The number of ether oxygens (including phenoxy) is 1. The van der Waals surface area contributed by atoms with E-state index in [1.165, 1.54) is 4.31 Å². The Hall–Kier alpha value is -2.54. The molecule has 2 aromatic carbocycles. The quantitative estimate of drug-likeness (QED) is 0.720. The van der Waals surface area contributed by atoms with Gasteiger partial charge in [0.25, 0.3) is 15.9 Å². The lowest BCUT2D eigenvalue weighted by atomic mass is 9.86. The minimum Gasteiger partial charge on any atom is -0.476 e. The molecule has 6 nitrogen and oxygen atoms in total. The predicted molar refractivity (Wildman–Crippen MR) is 128 cm³/mol. The molecule has 0 saturated carbocycles. The predicted octanol–water partition coefficient (Wildman–Crippen LogP) is 4.41. The average molecular weight is 459 g/mol. The maximum absolute atomic E-state index is 13.7. The number of nitrogens with zero attached hydrogens (tertiary/aromatic N) is 1. The molecule has 7 heteroatoms. The fourth-order valence-corrected chi connectivity index (χ4v) is 4.87. The van der Waals surface area contributed by atoms with Gasteiger partial charge in [-0.05, 0) is 55.0 Å². The molecule has 174 valence electrons. The topological polar surface area (TPSA) is 75.7 Å². The Labute approximate surface area is 192 Å². The number of fused-ring (bicyclic) bond motifs is 1. The Kier molecular flexibility index (Phi) is 6.61. The van der Waals surface area contributed by atoms with Crippen LogP contribution in [0.4, 0.5) is 5.69 Å². The number of aryl methyl sites for hydroxylation is 1. The van der Waals surface area contributed by atoms with Crippen LogP contribution in [0.2, 0.25) is 0 Å². The van der Waals surface area contributed by atoms with Crippen molar-refractivity contribution in [2.24, 2.45) is 5.92 Å². The smallest absolute Gasteiger partial charge is 0.264 e. The lowest BCUT2D eigenvalue weighted by molar-refractivity contribution is -0.128. The molecular formula is C25H34N2O4S. The zero-order valence-corrected chi connectivity index (χ0v) is 20.8. The summed E-state index contributed by atoms with van der Waals surface area (Å²) in [6.45, 7) is 14.0. The Balaban J connectivity index is 2.06. The minimum atomic E-state index is -3.89. The molecular weight excluding hydrogens is 424 g/mol. The summed E-state index contributed by atoms with van der Waals surface area (Å²) >= 11 is 0. The van der Waals surface area contributed by atoms with Gasteiger partial charge in [-0.15, -0.1) is 0 Å². The maximum Gasteiger partial charge on any atom is 0.264 e. The number of benzene rings is 2. The van der Waals surface area contributed by atoms with Crippen LogP contribution in [0.1, 0.15) is 52.7 Å². The van der Waals surface area contributed by atoms with Crippen molar-refractivity contribution in [3.63, 3.8) is 0 Å². The van der Waals surface area contributed by atoms with E-state index in [1.807, 2.05) is 39.8 Å². The molecule has 3 rings (SSSR count). The van der Waals surface area contributed by atoms with E-state index in [9.17, 15) is 13.2 Å². The molecule has 0 radical (unpaired) electrons. The summed E-state index contributed by atoms with van der Waals surface area (Å²) in [6.07, 6.45) is -0.940. The third-order valence-electron chi connectivity index (χ3n) is 5.97. The van der Waals surface area contributed by atoms with Gasteiger partial charge in [-0.1, -0.05) is 58.4 Å². The Morgan fingerprint density at radius 2 is 1.72 bits per heavy atom. The van der Waals surface area contributed by atoms with Crippen LogP contribution in [0.5, 0.6) is 5.75 Å². The molecule has 1 heterocycles. The lowest BCUT2D eigenvalue weighted by Gasteiger charge is -2.36. The largest absolute Gasteiger partial charge is 0.476 e. The minimum absolute atomic E-state index is 0.0575. The van der Waals surface area contributed by atoms with Crippen LogP contribution in [0.3, 0.4) is 0 Å². The van der Waals surface area contributed by atoms with Crippen LogP contribution >= 0.6 is 0 Å². The Morgan fingerprint density at radius 3 is 2.28 bits per heavy atom. The molecule has 0 saturated heterocycles. The summed E-state index contributed by atoms with van der Waals surface area (Å²) in [7, 11) is -3.89. The number of hydrogen-bond donors (Lipinski definition) is 1. The summed E-state index contributed by atoms with van der Waals surface area (Å²) in [5.41, 5.74) is 2.25. The van der Waals surface area contributed by atoms with Crippen molar-refractivity contribution in [2.45, 2.75) is 70.9 Å². The van der Waals surface area contributed by atoms with Crippen molar-refractivity contribution in [1.29, 1.82) is 0 Å². The van der Waals surface area contributed by atoms with Crippen LogP contribution in [0.15, 0.2) is 47.4 Å². The first kappa shape index (κ1) is 24.1. The normalized spacial score (nSPS) is 17.5. The number of sulfonamides is 1. The first-order chi connectivity index (χ1) is 14.8. The van der Waals surface area contributed by atoms with Crippen LogP contribution < -0.4 is 14.4 Å². The van der Waals surface area contributed by atoms with Crippen molar-refractivity contribution in [3.05, 3.63) is 53.6 Å². The van der Waals surface area contributed by atoms with Gasteiger partial charge in [0.15, 0.2) is 6.10 Å². The van der Waals surface area contributed by atoms with Gasteiger partial charge in [0.1, 0.15) is 5.75 Å². The lowest BCUT2D eigenvalue weighted by Crippen LogP contribution is -2.52. The molecule has 2 aromatic rings. The molecule has 1 N–H and O–H groups in total. The highest BCUT2D eigenvalue weighted by atomic mass is 32.2. The van der Waals surface area contributed by atoms with Gasteiger partial charge in [-0.3, -0.25) is 9.10 Å². The molecule has 1 aliphatic rings. The number of rotatable bonds is 5. The second-order valence-corrected chi connectivity index (χ2v) is 11.8. The second kappa shape index (κ2) is 8.77. The average Bonchev–Trinajstić information content (AvgIpc) is 2.71. The Bertz CT molecular complexity index is 1090. The van der Waals surface area contributed by atoms with E-state index >= 15 is 0 Å². The van der Waals surface area contributed by atoms with E-state index in [2.05, 4.69) is 26.1 Å². The van der Waals surface area contributed by atoms with Crippen molar-refractivity contribution >= 4 is 21.6 Å². The van der Waals surface area contributed by atoms with Crippen molar-refractivity contribution < 1.29 is 17.9 Å². The van der Waals surface area contributed by atoms with E-state index < -0.39 is 16.1 Å². The molecule has 32 heavy (non-hydrogen) atoms. The zero-order chi connectivity index (χ0) is 23.8. The van der Waals surface area contributed by atoms with Crippen LogP contribution in [-0.4, -0.2) is 33.0 Å². The van der Waals surface area contributed by atoms with Gasteiger partial charge in [0, 0.05) is 6.04 Å². The summed E-state index contributed by atoms with van der Waals surface area (Å²) in [4.78, 5) is 13.1. The molecule has 1 amide bonds. The standard InChI is InChI=1S/C25H34N2O4S/c1-16(2)18(4)26-24(28)23-15-27(32(29,30)20-11-8-17(3)9-12-20)21-14-19(25(5,6)7)10-13-22(21)31-23/h8-14,16,18,23H,15H2,1-7H3,(H,26,28). The maximum atomic E-state index is 13.7. The summed E-state index contributed by atoms with van der Waals surface area (Å²) < 4.78 is 34.6. The molecule has 0 aliphatic carbocycles. The van der Waals surface area contributed by atoms with Gasteiger partial charge in [0.05, 0.1) is 17.1 Å². The molecule has 0 spiro atoms. The first-order valence-electron chi connectivity index (χ1n) is 11.0. The van der Waals surface area contributed by atoms with Crippen molar-refractivity contribution in [2.75, 3.05) is 10.8 Å². The van der Waals surface area contributed by atoms with Gasteiger partial charge >= 0.3 is 0 Å².